The summed E-state index contributed by atoms with van der Waals surface area (Å²) in [6.45, 7) is 3.90. The fourth-order valence-electron chi connectivity index (χ4n) is 2.13. The number of rotatable bonds is 5. The SMILES string of the molecule is CC1(C)CCC(NCCOCC(F)(F)F)C1. The molecule has 0 aliphatic heterocycles. The van der Waals surface area contributed by atoms with Crippen LogP contribution in [0.4, 0.5) is 13.2 Å². The van der Waals surface area contributed by atoms with E-state index in [9.17, 15) is 13.2 Å². The van der Waals surface area contributed by atoms with Crippen LogP contribution in [0.5, 0.6) is 0 Å². The van der Waals surface area contributed by atoms with E-state index in [0.29, 0.717) is 18.0 Å². The normalized spacial score (nSPS) is 24.9. The van der Waals surface area contributed by atoms with Crippen molar-refractivity contribution in [2.75, 3.05) is 19.8 Å². The number of hydrogen-bond donors (Lipinski definition) is 1. The minimum atomic E-state index is -4.21. The lowest BCUT2D eigenvalue weighted by molar-refractivity contribution is -0.173. The lowest BCUT2D eigenvalue weighted by Crippen LogP contribution is -2.31. The predicted molar refractivity (Wildman–Crippen MR) is 56.3 cm³/mol. The van der Waals surface area contributed by atoms with Crippen molar-refractivity contribution in [2.45, 2.75) is 45.3 Å². The van der Waals surface area contributed by atoms with Gasteiger partial charge >= 0.3 is 6.18 Å². The summed E-state index contributed by atoms with van der Waals surface area (Å²) >= 11 is 0. The van der Waals surface area contributed by atoms with E-state index in [4.69, 9.17) is 0 Å². The van der Waals surface area contributed by atoms with Crippen LogP contribution in [0.1, 0.15) is 33.1 Å². The van der Waals surface area contributed by atoms with Gasteiger partial charge in [-0.2, -0.15) is 13.2 Å². The Hall–Kier alpha value is -0.290. The summed E-state index contributed by atoms with van der Waals surface area (Å²) in [6.07, 6.45) is -0.845. The quantitative estimate of drug-likeness (QED) is 0.745. The maximum atomic E-state index is 11.7. The first-order chi connectivity index (χ1) is 7.29. The van der Waals surface area contributed by atoms with Crippen molar-refractivity contribution in [2.24, 2.45) is 5.41 Å². The van der Waals surface area contributed by atoms with Crippen molar-refractivity contribution < 1.29 is 17.9 Å². The van der Waals surface area contributed by atoms with Crippen LogP contribution >= 0.6 is 0 Å². The van der Waals surface area contributed by atoms with Gasteiger partial charge in [-0.1, -0.05) is 13.8 Å². The smallest absolute Gasteiger partial charge is 0.371 e. The Kier molecular flexibility index (Phi) is 4.62. The molecule has 1 saturated carbocycles. The van der Waals surface area contributed by atoms with Crippen LogP contribution in [0.25, 0.3) is 0 Å². The van der Waals surface area contributed by atoms with E-state index in [-0.39, 0.29) is 6.61 Å². The molecule has 96 valence electrons. The molecule has 0 aromatic carbocycles. The molecular weight excluding hydrogens is 219 g/mol. The maximum absolute atomic E-state index is 11.7. The van der Waals surface area contributed by atoms with E-state index in [1.165, 1.54) is 6.42 Å². The number of alkyl halides is 3. The third kappa shape index (κ3) is 5.70. The molecule has 0 radical (unpaired) electrons. The van der Waals surface area contributed by atoms with Crippen molar-refractivity contribution in [1.82, 2.24) is 5.32 Å². The van der Waals surface area contributed by atoms with E-state index in [1.807, 2.05) is 0 Å². The average Bonchev–Trinajstić information content (AvgIpc) is 2.43. The molecule has 1 fully saturated rings. The van der Waals surface area contributed by atoms with Crippen LogP contribution in [0, 0.1) is 5.41 Å². The monoisotopic (exact) mass is 239 g/mol. The summed E-state index contributed by atoms with van der Waals surface area (Å²) in [6, 6.07) is 0.435. The first-order valence-electron chi connectivity index (χ1n) is 5.66. The number of nitrogens with one attached hydrogen (secondary N) is 1. The molecule has 2 nitrogen and oxygen atoms in total. The van der Waals surface area contributed by atoms with Gasteiger partial charge in [-0.05, 0) is 24.7 Å². The van der Waals surface area contributed by atoms with E-state index < -0.39 is 12.8 Å². The molecule has 1 rings (SSSR count). The van der Waals surface area contributed by atoms with Gasteiger partial charge in [0.1, 0.15) is 6.61 Å². The number of hydrogen-bond acceptors (Lipinski definition) is 2. The minimum absolute atomic E-state index is 0.121. The van der Waals surface area contributed by atoms with Gasteiger partial charge in [0.25, 0.3) is 0 Å². The molecule has 1 aliphatic carbocycles. The van der Waals surface area contributed by atoms with Crippen LogP contribution < -0.4 is 5.32 Å². The second-order valence-electron chi connectivity index (χ2n) is 5.23. The highest BCUT2D eigenvalue weighted by Crippen LogP contribution is 2.36. The highest BCUT2D eigenvalue weighted by molar-refractivity contribution is 4.86. The van der Waals surface area contributed by atoms with Crippen LogP contribution in [-0.4, -0.2) is 32.0 Å². The topological polar surface area (TPSA) is 21.3 Å². The van der Waals surface area contributed by atoms with Crippen LogP contribution in [-0.2, 0) is 4.74 Å². The third-order valence-electron chi connectivity index (χ3n) is 2.91. The zero-order valence-corrected chi connectivity index (χ0v) is 9.86. The zero-order chi connectivity index (χ0) is 12.2. The summed E-state index contributed by atoms with van der Waals surface area (Å²) in [5, 5.41) is 3.23. The Morgan fingerprint density at radius 2 is 2.06 bits per heavy atom. The van der Waals surface area contributed by atoms with Crippen molar-refractivity contribution in [3.8, 4) is 0 Å². The second-order valence-corrected chi connectivity index (χ2v) is 5.23. The Balaban J connectivity index is 2.00. The van der Waals surface area contributed by atoms with Crippen molar-refractivity contribution >= 4 is 0 Å². The molecule has 1 unspecified atom stereocenters. The molecule has 0 aromatic rings. The van der Waals surface area contributed by atoms with Gasteiger partial charge in [-0.15, -0.1) is 0 Å². The zero-order valence-electron chi connectivity index (χ0n) is 9.86. The Labute approximate surface area is 94.5 Å². The Bertz CT molecular complexity index is 216. The summed E-state index contributed by atoms with van der Waals surface area (Å²) < 4.78 is 39.7. The second kappa shape index (κ2) is 5.36. The first kappa shape index (κ1) is 13.8. The van der Waals surface area contributed by atoms with Crippen LogP contribution in [0.2, 0.25) is 0 Å². The standard InChI is InChI=1S/C11H20F3NO/c1-10(2)4-3-9(7-10)15-5-6-16-8-11(12,13)14/h9,15H,3-8H2,1-2H3. The third-order valence-corrected chi connectivity index (χ3v) is 2.91. The van der Waals surface area contributed by atoms with Gasteiger partial charge in [0.2, 0.25) is 0 Å². The summed E-state index contributed by atoms with van der Waals surface area (Å²) in [5.41, 5.74) is 0.366. The highest BCUT2D eigenvalue weighted by atomic mass is 19.4. The van der Waals surface area contributed by atoms with Gasteiger partial charge in [0.15, 0.2) is 0 Å². The predicted octanol–water partition coefficient (Wildman–Crippen LogP) is 2.73. The maximum Gasteiger partial charge on any atom is 0.411 e. The molecule has 1 aliphatic rings. The molecule has 0 saturated heterocycles. The molecule has 0 aromatic heterocycles. The van der Waals surface area contributed by atoms with E-state index in [1.54, 1.807) is 0 Å². The van der Waals surface area contributed by atoms with Gasteiger partial charge in [-0.25, -0.2) is 0 Å². The molecule has 1 N–H and O–H groups in total. The van der Waals surface area contributed by atoms with Crippen molar-refractivity contribution in [1.29, 1.82) is 0 Å². The molecule has 0 bridgehead atoms. The Morgan fingerprint density at radius 3 is 2.56 bits per heavy atom. The lowest BCUT2D eigenvalue weighted by atomic mass is 9.92. The average molecular weight is 239 g/mol. The van der Waals surface area contributed by atoms with Gasteiger partial charge < -0.3 is 10.1 Å². The lowest BCUT2D eigenvalue weighted by Gasteiger charge is -2.18. The molecule has 0 amide bonds. The van der Waals surface area contributed by atoms with E-state index in [0.717, 1.165) is 12.8 Å². The molecule has 5 heteroatoms. The van der Waals surface area contributed by atoms with Crippen LogP contribution in [0.15, 0.2) is 0 Å². The Morgan fingerprint density at radius 1 is 1.38 bits per heavy atom. The minimum Gasteiger partial charge on any atom is -0.371 e. The highest BCUT2D eigenvalue weighted by Gasteiger charge is 2.30. The molecular formula is C11H20F3NO. The van der Waals surface area contributed by atoms with Crippen molar-refractivity contribution in [3.05, 3.63) is 0 Å². The van der Waals surface area contributed by atoms with Crippen molar-refractivity contribution in [3.63, 3.8) is 0 Å². The van der Waals surface area contributed by atoms with Gasteiger partial charge in [0.05, 0.1) is 6.61 Å². The van der Waals surface area contributed by atoms with Gasteiger partial charge in [0, 0.05) is 12.6 Å². The van der Waals surface area contributed by atoms with Gasteiger partial charge in [-0.3, -0.25) is 0 Å². The molecule has 1 atom stereocenters. The summed E-state index contributed by atoms with van der Waals surface area (Å²) in [7, 11) is 0. The molecule has 0 spiro atoms. The van der Waals surface area contributed by atoms with Crippen LogP contribution in [0.3, 0.4) is 0 Å². The van der Waals surface area contributed by atoms with E-state index in [2.05, 4.69) is 23.9 Å². The number of halogens is 3. The number of ether oxygens (including phenoxy) is 1. The first-order valence-corrected chi connectivity index (χ1v) is 5.66. The summed E-state index contributed by atoms with van der Waals surface area (Å²) in [5.74, 6) is 0. The van der Waals surface area contributed by atoms with E-state index >= 15 is 0 Å². The molecule has 0 heterocycles. The fraction of sp³-hybridized carbons (Fsp3) is 1.00. The fourth-order valence-corrected chi connectivity index (χ4v) is 2.13. The summed E-state index contributed by atoms with van der Waals surface area (Å²) in [4.78, 5) is 0. The largest absolute Gasteiger partial charge is 0.411 e. The molecule has 16 heavy (non-hydrogen) atoms.